The van der Waals surface area contributed by atoms with E-state index >= 15 is 0 Å². The molecule has 0 bridgehead atoms. The molecule has 1 N–H and O–H groups in total. The molecule has 1 amide bonds. The Morgan fingerprint density at radius 2 is 2.00 bits per heavy atom. The Morgan fingerprint density at radius 3 is 2.72 bits per heavy atom. The third-order valence-electron chi connectivity index (χ3n) is 6.99. The van der Waals surface area contributed by atoms with Crippen LogP contribution in [0.25, 0.3) is 0 Å². The van der Waals surface area contributed by atoms with Crippen molar-refractivity contribution in [3.05, 3.63) is 29.8 Å². The number of carbonyl (C=O) groups excluding carboxylic acids is 1. The molecule has 0 saturated carbocycles. The normalized spacial score (nSPS) is 26.9. The Kier molecular flexibility index (Phi) is 6.42. The van der Waals surface area contributed by atoms with Gasteiger partial charge in [0.2, 0.25) is 0 Å². The number of rotatable bonds is 6. The van der Waals surface area contributed by atoms with Gasteiger partial charge in [0.1, 0.15) is 5.75 Å². The first kappa shape index (κ1) is 20.6. The van der Waals surface area contributed by atoms with Crippen LogP contribution in [0.1, 0.15) is 37.7 Å². The summed E-state index contributed by atoms with van der Waals surface area (Å²) in [6.45, 7) is 6.76. The average Bonchev–Trinajstić information content (AvgIpc) is 3.35. The van der Waals surface area contributed by atoms with Crippen LogP contribution in [0.5, 0.6) is 5.75 Å². The highest BCUT2D eigenvalue weighted by Crippen LogP contribution is 2.42. The Bertz CT molecular complexity index is 685. The first-order valence-electron chi connectivity index (χ1n) is 11.0. The van der Waals surface area contributed by atoms with Gasteiger partial charge in [-0.05, 0) is 63.1 Å². The monoisotopic (exact) mass is 402 g/mol. The predicted octanol–water partition coefficient (Wildman–Crippen LogP) is 2.23. The number of hydrogen-bond donors (Lipinski definition) is 1. The zero-order valence-electron chi connectivity index (χ0n) is 17.5. The van der Waals surface area contributed by atoms with E-state index in [1.807, 2.05) is 36.1 Å². The van der Waals surface area contributed by atoms with Crippen LogP contribution in [0.4, 0.5) is 0 Å². The van der Waals surface area contributed by atoms with Crippen LogP contribution < -0.4 is 4.74 Å². The third kappa shape index (κ3) is 4.93. The topological polar surface area (TPSA) is 62.2 Å². The fourth-order valence-corrected chi connectivity index (χ4v) is 5.07. The summed E-state index contributed by atoms with van der Waals surface area (Å²) in [7, 11) is 0. The summed E-state index contributed by atoms with van der Waals surface area (Å²) < 4.78 is 11.8. The second-order valence-corrected chi connectivity index (χ2v) is 9.09. The van der Waals surface area contributed by atoms with Crippen molar-refractivity contribution in [2.75, 3.05) is 46.0 Å². The molecule has 4 rings (SSSR count). The first-order valence-corrected chi connectivity index (χ1v) is 11.0. The van der Waals surface area contributed by atoms with Gasteiger partial charge in [0.15, 0.2) is 6.61 Å². The van der Waals surface area contributed by atoms with Gasteiger partial charge in [-0.1, -0.05) is 17.7 Å². The molecule has 3 aliphatic heterocycles. The lowest BCUT2D eigenvalue weighted by Crippen LogP contribution is -2.45. The van der Waals surface area contributed by atoms with Gasteiger partial charge in [-0.3, -0.25) is 9.69 Å². The van der Waals surface area contributed by atoms with Gasteiger partial charge in [0, 0.05) is 25.7 Å². The maximum atomic E-state index is 12.5. The number of benzene rings is 1. The number of ether oxygens (including phenoxy) is 2. The average molecular weight is 403 g/mol. The lowest BCUT2D eigenvalue weighted by Gasteiger charge is -2.38. The highest BCUT2D eigenvalue weighted by atomic mass is 16.5. The van der Waals surface area contributed by atoms with Crippen molar-refractivity contribution in [3.63, 3.8) is 0 Å². The van der Waals surface area contributed by atoms with E-state index in [1.165, 1.54) is 12.0 Å². The number of hydrogen-bond acceptors (Lipinski definition) is 5. The lowest BCUT2D eigenvalue weighted by molar-refractivity contribution is -0.135. The molecule has 1 aromatic rings. The van der Waals surface area contributed by atoms with Crippen molar-refractivity contribution in [1.29, 1.82) is 0 Å². The summed E-state index contributed by atoms with van der Waals surface area (Å²) in [5.41, 5.74) is 1.40. The SMILES string of the molecule is Cc1ccc(OCC(=O)N2CCC3(CC2)COC(CN2CCC[C@H]2CO)C3)cc1. The standard InChI is InChI=1S/C23H34N2O4/c1-18-4-6-20(7-5-18)28-16-22(27)24-11-8-23(9-12-24)13-21(29-17-23)14-25-10-2-3-19(25)15-26/h4-7,19,21,26H,2-3,8-17H2,1H3/t19-,21?/m0/s1. The molecule has 160 valence electrons. The zero-order valence-corrected chi connectivity index (χ0v) is 17.5. The van der Waals surface area contributed by atoms with Crippen molar-refractivity contribution >= 4 is 5.91 Å². The summed E-state index contributed by atoms with van der Waals surface area (Å²) in [6.07, 6.45) is 5.60. The smallest absolute Gasteiger partial charge is 0.260 e. The summed E-state index contributed by atoms with van der Waals surface area (Å²) in [4.78, 5) is 16.9. The van der Waals surface area contributed by atoms with E-state index in [9.17, 15) is 9.90 Å². The Labute approximate surface area is 173 Å². The number of aryl methyl sites for hydroxylation is 1. The Morgan fingerprint density at radius 1 is 1.24 bits per heavy atom. The number of amides is 1. The molecule has 0 aromatic heterocycles. The van der Waals surface area contributed by atoms with Gasteiger partial charge >= 0.3 is 0 Å². The second kappa shape index (κ2) is 9.02. The van der Waals surface area contributed by atoms with E-state index < -0.39 is 0 Å². The van der Waals surface area contributed by atoms with Crippen LogP contribution in [0, 0.1) is 12.3 Å². The minimum absolute atomic E-state index is 0.0683. The van der Waals surface area contributed by atoms with E-state index in [1.54, 1.807) is 0 Å². The molecule has 6 heteroatoms. The highest BCUT2D eigenvalue weighted by molar-refractivity contribution is 5.77. The fraction of sp³-hybridized carbons (Fsp3) is 0.696. The molecule has 0 aliphatic carbocycles. The highest BCUT2D eigenvalue weighted by Gasteiger charge is 2.44. The van der Waals surface area contributed by atoms with Crippen LogP contribution in [0.3, 0.4) is 0 Å². The molecule has 2 atom stereocenters. The van der Waals surface area contributed by atoms with Gasteiger partial charge in [-0.2, -0.15) is 0 Å². The molecular weight excluding hydrogens is 368 g/mol. The Hall–Kier alpha value is -1.63. The largest absolute Gasteiger partial charge is 0.484 e. The van der Waals surface area contributed by atoms with Gasteiger partial charge < -0.3 is 19.5 Å². The van der Waals surface area contributed by atoms with Crippen molar-refractivity contribution in [1.82, 2.24) is 9.80 Å². The van der Waals surface area contributed by atoms with Gasteiger partial charge in [-0.25, -0.2) is 0 Å². The van der Waals surface area contributed by atoms with Gasteiger partial charge in [0.25, 0.3) is 5.91 Å². The summed E-state index contributed by atoms with van der Waals surface area (Å²) in [6, 6.07) is 8.11. The number of piperidine rings is 1. The quantitative estimate of drug-likeness (QED) is 0.791. The van der Waals surface area contributed by atoms with Gasteiger partial charge in [0.05, 0.1) is 19.3 Å². The molecule has 3 fully saturated rings. The maximum absolute atomic E-state index is 12.5. The number of aliphatic hydroxyl groups is 1. The molecule has 1 unspecified atom stereocenters. The van der Waals surface area contributed by atoms with E-state index in [0.717, 1.165) is 64.2 Å². The van der Waals surface area contributed by atoms with Crippen LogP contribution in [0.15, 0.2) is 24.3 Å². The Balaban J connectivity index is 1.21. The van der Waals surface area contributed by atoms with Crippen molar-refractivity contribution in [3.8, 4) is 5.75 Å². The molecule has 1 aromatic carbocycles. The van der Waals surface area contributed by atoms with E-state index in [-0.39, 0.29) is 30.6 Å². The number of carbonyl (C=O) groups is 1. The molecule has 29 heavy (non-hydrogen) atoms. The number of aliphatic hydroxyl groups excluding tert-OH is 1. The van der Waals surface area contributed by atoms with Crippen LogP contribution in [0.2, 0.25) is 0 Å². The minimum Gasteiger partial charge on any atom is -0.484 e. The van der Waals surface area contributed by atoms with Crippen LogP contribution in [-0.4, -0.2) is 79.0 Å². The third-order valence-corrected chi connectivity index (χ3v) is 6.99. The second-order valence-electron chi connectivity index (χ2n) is 9.09. The molecule has 0 radical (unpaired) electrons. The number of nitrogens with zero attached hydrogens (tertiary/aromatic N) is 2. The summed E-state index contributed by atoms with van der Waals surface area (Å²) >= 11 is 0. The predicted molar refractivity (Wildman–Crippen MR) is 111 cm³/mol. The van der Waals surface area contributed by atoms with Crippen molar-refractivity contribution in [2.45, 2.75) is 51.2 Å². The maximum Gasteiger partial charge on any atom is 0.260 e. The molecule has 3 saturated heterocycles. The summed E-state index contributed by atoms with van der Waals surface area (Å²) in [5, 5.41) is 9.53. The molecule has 1 spiro atoms. The molecule has 3 heterocycles. The lowest BCUT2D eigenvalue weighted by atomic mass is 9.76. The van der Waals surface area contributed by atoms with Crippen LogP contribution in [-0.2, 0) is 9.53 Å². The molecule has 3 aliphatic rings. The van der Waals surface area contributed by atoms with Crippen LogP contribution >= 0.6 is 0 Å². The van der Waals surface area contributed by atoms with Crippen molar-refractivity contribution in [2.24, 2.45) is 5.41 Å². The van der Waals surface area contributed by atoms with E-state index in [0.29, 0.717) is 6.04 Å². The molecular formula is C23H34N2O4. The van der Waals surface area contributed by atoms with E-state index in [2.05, 4.69) is 4.90 Å². The first-order chi connectivity index (χ1) is 14.1. The zero-order chi connectivity index (χ0) is 20.3. The minimum atomic E-state index is 0.0683. The van der Waals surface area contributed by atoms with Gasteiger partial charge in [-0.15, -0.1) is 0 Å². The number of likely N-dealkylation sites (tertiary alicyclic amines) is 2. The fourth-order valence-electron chi connectivity index (χ4n) is 5.07. The summed E-state index contributed by atoms with van der Waals surface area (Å²) in [5.74, 6) is 0.811. The molecule has 6 nitrogen and oxygen atoms in total. The van der Waals surface area contributed by atoms with E-state index in [4.69, 9.17) is 9.47 Å². The van der Waals surface area contributed by atoms with Crippen molar-refractivity contribution < 1.29 is 19.4 Å².